The summed E-state index contributed by atoms with van der Waals surface area (Å²) in [6.45, 7) is 0.425. The molecule has 1 aromatic rings. The van der Waals surface area contributed by atoms with Crippen molar-refractivity contribution in [2.75, 3.05) is 13.1 Å². The summed E-state index contributed by atoms with van der Waals surface area (Å²) in [7, 11) is 0. The zero-order chi connectivity index (χ0) is 12.0. The smallest absolute Gasteiger partial charge is 0.254 e. The molecule has 0 heterocycles. The van der Waals surface area contributed by atoms with E-state index in [-0.39, 0.29) is 34.6 Å². The van der Waals surface area contributed by atoms with Gasteiger partial charge in [-0.15, -0.1) is 0 Å². The quantitative estimate of drug-likeness (QED) is 0.383. The van der Waals surface area contributed by atoms with Gasteiger partial charge in [0.05, 0.1) is 15.6 Å². The molecule has 0 bridgehead atoms. The lowest BCUT2D eigenvalue weighted by molar-refractivity contribution is 0.0955. The van der Waals surface area contributed by atoms with Gasteiger partial charge in [0.25, 0.3) is 5.91 Å². The molecule has 1 rings (SSSR count). The fourth-order valence-corrected chi connectivity index (χ4v) is 1.64. The van der Waals surface area contributed by atoms with Crippen LogP contribution in [-0.4, -0.2) is 19.0 Å². The fraction of sp³-hybridized carbons (Fsp3) is 0.222. The number of halogens is 2. The molecule has 0 atom stereocenters. The van der Waals surface area contributed by atoms with Crippen LogP contribution in [0.1, 0.15) is 10.4 Å². The average Bonchev–Trinajstić information content (AvgIpc) is 2.24. The van der Waals surface area contributed by atoms with E-state index in [9.17, 15) is 4.79 Å². The number of carbonyl (C=O) groups excluding carboxylic acids is 1. The van der Waals surface area contributed by atoms with Crippen molar-refractivity contribution >= 4 is 29.1 Å². The molecule has 0 aliphatic rings. The van der Waals surface area contributed by atoms with Gasteiger partial charge in [-0.2, -0.15) is 0 Å². The molecule has 0 aliphatic carbocycles. The van der Waals surface area contributed by atoms with Crippen molar-refractivity contribution < 1.29 is 4.79 Å². The molecule has 0 unspecified atom stereocenters. The molecule has 16 heavy (non-hydrogen) atoms. The maximum Gasteiger partial charge on any atom is 0.254 e. The van der Waals surface area contributed by atoms with E-state index in [2.05, 4.69) is 15.3 Å². The number of azide groups is 1. The van der Waals surface area contributed by atoms with Crippen molar-refractivity contribution in [1.82, 2.24) is 5.32 Å². The third kappa shape index (κ3) is 3.31. The minimum Gasteiger partial charge on any atom is -0.352 e. The molecule has 0 spiro atoms. The summed E-state index contributed by atoms with van der Waals surface area (Å²) in [5, 5.41) is 6.40. The van der Waals surface area contributed by atoms with Crippen LogP contribution in [0, 0.1) is 0 Å². The molecule has 0 saturated carbocycles. The number of hydrogen-bond donors (Lipinski definition) is 1. The Morgan fingerprint density at radius 3 is 2.62 bits per heavy atom. The SMILES string of the molecule is [N-]=[N+]=NCCNC(=O)c1c(Cl)cccc1Cl. The molecule has 0 fully saturated rings. The van der Waals surface area contributed by atoms with Crippen LogP contribution in [0.5, 0.6) is 0 Å². The number of amides is 1. The Bertz CT molecular complexity index is 423. The van der Waals surface area contributed by atoms with Gasteiger partial charge in [-0.25, -0.2) is 0 Å². The van der Waals surface area contributed by atoms with Crippen molar-refractivity contribution in [3.63, 3.8) is 0 Å². The van der Waals surface area contributed by atoms with E-state index < -0.39 is 0 Å². The zero-order valence-corrected chi connectivity index (χ0v) is 9.66. The van der Waals surface area contributed by atoms with Crippen molar-refractivity contribution in [2.24, 2.45) is 5.11 Å². The highest BCUT2D eigenvalue weighted by Gasteiger charge is 2.13. The van der Waals surface area contributed by atoms with Crippen molar-refractivity contribution in [1.29, 1.82) is 0 Å². The first-order chi connectivity index (χ1) is 7.66. The summed E-state index contributed by atoms with van der Waals surface area (Å²) in [6.07, 6.45) is 0. The minimum absolute atomic E-state index is 0.185. The summed E-state index contributed by atoms with van der Waals surface area (Å²) < 4.78 is 0. The Balaban J connectivity index is 2.69. The summed E-state index contributed by atoms with van der Waals surface area (Å²) in [5.74, 6) is -0.385. The highest BCUT2D eigenvalue weighted by molar-refractivity contribution is 6.39. The second-order valence-electron chi connectivity index (χ2n) is 2.81. The minimum atomic E-state index is -0.385. The molecule has 0 saturated heterocycles. The molecule has 0 aromatic heterocycles. The van der Waals surface area contributed by atoms with E-state index >= 15 is 0 Å². The van der Waals surface area contributed by atoms with E-state index in [1.807, 2.05) is 0 Å². The second kappa shape index (κ2) is 6.23. The normalized spacial score (nSPS) is 9.38. The highest BCUT2D eigenvalue weighted by atomic mass is 35.5. The first-order valence-corrected chi connectivity index (χ1v) is 5.15. The maximum atomic E-state index is 11.6. The van der Waals surface area contributed by atoms with Crippen molar-refractivity contribution in [3.8, 4) is 0 Å². The summed E-state index contributed by atoms with van der Waals surface area (Å²) in [5.41, 5.74) is 8.27. The molecular weight excluding hydrogens is 251 g/mol. The Hall–Kier alpha value is -1.42. The monoisotopic (exact) mass is 258 g/mol. The molecule has 0 radical (unpaired) electrons. The van der Waals surface area contributed by atoms with E-state index in [1.165, 1.54) is 0 Å². The Labute approximate surface area is 102 Å². The summed E-state index contributed by atoms with van der Waals surface area (Å²) in [6, 6.07) is 4.81. The van der Waals surface area contributed by atoms with Gasteiger partial charge in [-0.05, 0) is 17.7 Å². The number of nitrogens with one attached hydrogen (secondary N) is 1. The van der Waals surface area contributed by atoms with Gasteiger partial charge in [-0.3, -0.25) is 4.79 Å². The van der Waals surface area contributed by atoms with Gasteiger partial charge in [0.15, 0.2) is 0 Å². The number of benzene rings is 1. The van der Waals surface area contributed by atoms with Crippen molar-refractivity contribution in [3.05, 3.63) is 44.3 Å². The third-order valence-corrected chi connectivity index (χ3v) is 2.38. The zero-order valence-electron chi connectivity index (χ0n) is 8.15. The first-order valence-electron chi connectivity index (χ1n) is 4.40. The predicted octanol–water partition coefficient (Wildman–Crippen LogP) is 3.03. The van der Waals surface area contributed by atoms with Gasteiger partial charge < -0.3 is 5.32 Å². The van der Waals surface area contributed by atoms with Crippen molar-refractivity contribution in [2.45, 2.75) is 0 Å². The number of nitrogens with zero attached hydrogens (tertiary/aromatic N) is 3. The van der Waals surface area contributed by atoms with Gasteiger partial charge >= 0.3 is 0 Å². The molecule has 0 aliphatic heterocycles. The average molecular weight is 259 g/mol. The first kappa shape index (κ1) is 12.6. The van der Waals surface area contributed by atoms with Crippen LogP contribution in [0.3, 0.4) is 0 Å². The van der Waals surface area contributed by atoms with Gasteiger partial charge in [0.2, 0.25) is 0 Å². The summed E-state index contributed by atoms with van der Waals surface area (Å²) in [4.78, 5) is 14.2. The van der Waals surface area contributed by atoms with Crippen LogP contribution in [-0.2, 0) is 0 Å². The molecule has 1 aromatic carbocycles. The number of hydrogen-bond acceptors (Lipinski definition) is 2. The fourth-order valence-electron chi connectivity index (χ4n) is 1.07. The molecule has 1 amide bonds. The van der Waals surface area contributed by atoms with Crippen LogP contribution >= 0.6 is 23.2 Å². The predicted molar refractivity (Wildman–Crippen MR) is 62.8 cm³/mol. The summed E-state index contributed by atoms with van der Waals surface area (Å²) >= 11 is 11.7. The standard InChI is InChI=1S/C9H8Cl2N4O/c10-6-2-1-3-7(11)8(6)9(16)13-4-5-14-15-12/h1-3H,4-5H2,(H,13,16). The van der Waals surface area contributed by atoms with E-state index in [1.54, 1.807) is 18.2 Å². The topological polar surface area (TPSA) is 77.9 Å². The Morgan fingerprint density at radius 1 is 1.44 bits per heavy atom. The lowest BCUT2D eigenvalue weighted by atomic mass is 10.2. The molecule has 5 nitrogen and oxygen atoms in total. The van der Waals surface area contributed by atoms with E-state index in [0.29, 0.717) is 0 Å². The lowest BCUT2D eigenvalue weighted by Crippen LogP contribution is -2.26. The van der Waals surface area contributed by atoms with Crippen LogP contribution in [0.2, 0.25) is 10.0 Å². The highest BCUT2D eigenvalue weighted by Crippen LogP contribution is 2.23. The van der Waals surface area contributed by atoms with Crippen LogP contribution in [0.25, 0.3) is 10.4 Å². The van der Waals surface area contributed by atoms with Crippen LogP contribution in [0.4, 0.5) is 0 Å². The largest absolute Gasteiger partial charge is 0.352 e. The third-order valence-electron chi connectivity index (χ3n) is 1.75. The van der Waals surface area contributed by atoms with Gasteiger partial charge in [-0.1, -0.05) is 34.4 Å². The van der Waals surface area contributed by atoms with E-state index in [0.717, 1.165) is 0 Å². The Kier molecular flexibility index (Phi) is 4.92. The van der Waals surface area contributed by atoms with Crippen LogP contribution < -0.4 is 5.32 Å². The maximum absolute atomic E-state index is 11.6. The molecule has 7 heteroatoms. The van der Waals surface area contributed by atoms with E-state index in [4.69, 9.17) is 28.7 Å². The van der Waals surface area contributed by atoms with Crippen LogP contribution in [0.15, 0.2) is 23.3 Å². The van der Waals surface area contributed by atoms with Gasteiger partial charge in [0, 0.05) is 18.0 Å². The second-order valence-corrected chi connectivity index (χ2v) is 3.62. The molecule has 1 N–H and O–H groups in total. The lowest BCUT2D eigenvalue weighted by Gasteiger charge is -2.06. The molecule has 84 valence electrons. The number of rotatable bonds is 4. The van der Waals surface area contributed by atoms with Gasteiger partial charge in [0.1, 0.15) is 0 Å². The number of carbonyl (C=O) groups is 1. The Morgan fingerprint density at radius 2 is 2.06 bits per heavy atom. The molecular formula is C9H8Cl2N4O.